The van der Waals surface area contributed by atoms with Gasteiger partial charge >= 0.3 is 0 Å². The van der Waals surface area contributed by atoms with Crippen molar-refractivity contribution in [2.45, 2.75) is 45.4 Å². The van der Waals surface area contributed by atoms with Gasteiger partial charge < -0.3 is 9.88 Å². The summed E-state index contributed by atoms with van der Waals surface area (Å²) >= 11 is 3.40. The highest BCUT2D eigenvalue weighted by Gasteiger charge is 2.44. The van der Waals surface area contributed by atoms with Crippen molar-refractivity contribution in [1.82, 2.24) is 9.97 Å². The van der Waals surface area contributed by atoms with Crippen LogP contribution >= 0.6 is 15.9 Å². The zero-order chi connectivity index (χ0) is 21.5. The number of fused-ring (bicyclic) bond motifs is 2. The summed E-state index contributed by atoms with van der Waals surface area (Å²) in [6.45, 7) is 6.79. The largest absolute Gasteiger partial charge is 0.324 e. The number of imidazole rings is 1. The van der Waals surface area contributed by atoms with Gasteiger partial charge in [-0.3, -0.25) is 14.9 Å². The van der Waals surface area contributed by atoms with Crippen LogP contribution in [0.4, 0.5) is 11.6 Å². The van der Waals surface area contributed by atoms with Gasteiger partial charge in [-0.2, -0.15) is 0 Å². The Morgan fingerprint density at radius 3 is 2.73 bits per heavy atom. The molecule has 2 aromatic carbocycles. The first-order chi connectivity index (χ1) is 14.3. The molecule has 30 heavy (non-hydrogen) atoms. The van der Waals surface area contributed by atoms with E-state index in [1.807, 2.05) is 49.1 Å². The van der Waals surface area contributed by atoms with Crippen LogP contribution in [0, 0.1) is 0 Å². The van der Waals surface area contributed by atoms with Crippen molar-refractivity contribution >= 4 is 50.4 Å². The van der Waals surface area contributed by atoms with E-state index in [4.69, 9.17) is 0 Å². The zero-order valence-electron chi connectivity index (χ0n) is 17.4. The molecular formula is C23H25BrN4O2. The van der Waals surface area contributed by atoms with E-state index in [-0.39, 0.29) is 11.8 Å². The first kappa shape index (κ1) is 20.6. The maximum absolute atomic E-state index is 13.0. The first-order valence-electron chi connectivity index (χ1n) is 10.2. The highest BCUT2D eigenvalue weighted by Crippen LogP contribution is 2.43. The van der Waals surface area contributed by atoms with Crippen molar-refractivity contribution in [3.63, 3.8) is 0 Å². The number of halogens is 1. The molecule has 0 spiro atoms. The molecule has 4 rings (SSSR count). The summed E-state index contributed by atoms with van der Waals surface area (Å²) in [5, 5.41) is 2.83. The van der Waals surface area contributed by atoms with Gasteiger partial charge in [0, 0.05) is 11.0 Å². The lowest BCUT2D eigenvalue weighted by molar-refractivity contribution is -0.122. The van der Waals surface area contributed by atoms with E-state index < -0.39 is 5.41 Å². The van der Waals surface area contributed by atoms with Crippen molar-refractivity contribution in [3.8, 4) is 0 Å². The van der Waals surface area contributed by atoms with E-state index in [1.54, 1.807) is 6.07 Å². The minimum Gasteiger partial charge on any atom is -0.324 e. The van der Waals surface area contributed by atoms with Crippen LogP contribution in [0.1, 0.15) is 56.0 Å². The topological polar surface area (TPSA) is 78.1 Å². The molecule has 1 aliphatic heterocycles. The average molecular weight is 469 g/mol. The van der Waals surface area contributed by atoms with Gasteiger partial charge in [-0.15, -0.1) is 0 Å². The second kappa shape index (κ2) is 7.87. The lowest BCUT2D eigenvalue weighted by atomic mass is 9.86. The first-order valence-corrected chi connectivity index (χ1v) is 11.0. The van der Waals surface area contributed by atoms with E-state index in [9.17, 15) is 9.59 Å². The summed E-state index contributed by atoms with van der Waals surface area (Å²) in [4.78, 5) is 35.2. The van der Waals surface area contributed by atoms with Crippen LogP contribution in [0.25, 0.3) is 11.0 Å². The number of hydrogen-bond donors (Lipinski definition) is 2. The van der Waals surface area contributed by atoms with Gasteiger partial charge in [0.2, 0.25) is 11.9 Å². The van der Waals surface area contributed by atoms with E-state index in [1.165, 1.54) is 0 Å². The number of carbonyl (C=O) groups excluding carboxylic acids is 2. The van der Waals surface area contributed by atoms with E-state index in [0.717, 1.165) is 46.0 Å². The van der Waals surface area contributed by atoms with Gasteiger partial charge in [-0.05, 0) is 66.0 Å². The Balaban J connectivity index is 1.66. The van der Waals surface area contributed by atoms with Gasteiger partial charge in [0.1, 0.15) is 0 Å². The molecule has 6 nitrogen and oxygen atoms in total. The number of benzene rings is 2. The SMILES string of the molecule is CCCCCN1C(=O)C(C)(C)c2cc3[nH]c(NC(=O)c4ccccc4Br)nc3cc21. The normalized spacial score (nSPS) is 14.9. The second-order valence-corrected chi connectivity index (χ2v) is 9.05. The molecule has 0 atom stereocenters. The molecule has 0 saturated carbocycles. The van der Waals surface area contributed by atoms with Crippen molar-refractivity contribution in [1.29, 1.82) is 0 Å². The van der Waals surface area contributed by atoms with Crippen molar-refractivity contribution in [2.75, 3.05) is 16.8 Å². The van der Waals surface area contributed by atoms with Crippen LogP contribution in [0.5, 0.6) is 0 Å². The van der Waals surface area contributed by atoms with Gasteiger partial charge in [0.15, 0.2) is 0 Å². The summed E-state index contributed by atoms with van der Waals surface area (Å²) in [5.74, 6) is 0.269. The Bertz CT molecular complexity index is 1140. The van der Waals surface area contributed by atoms with E-state index in [2.05, 4.69) is 38.1 Å². The molecule has 1 aromatic heterocycles. The number of anilines is 2. The summed E-state index contributed by atoms with van der Waals surface area (Å²) in [6, 6.07) is 11.2. The molecule has 156 valence electrons. The summed E-state index contributed by atoms with van der Waals surface area (Å²) in [6.07, 6.45) is 3.18. The van der Waals surface area contributed by atoms with Gasteiger partial charge in [-0.25, -0.2) is 4.98 Å². The number of nitrogens with zero attached hydrogens (tertiary/aromatic N) is 2. The van der Waals surface area contributed by atoms with Gasteiger partial charge in [0.05, 0.1) is 27.7 Å². The molecule has 0 bridgehead atoms. The molecule has 2 heterocycles. The predicted octanol–water partition coefficient (Wildman–Crippen LogP) is 5.39. The maximum atomic E-state index is 13.0. The number of amides is 2. The maximum Gasteiger partial charge on any atom is 0.259 e. The number of nitrogens with one attached hydrogen (secondary N) is 2. The van der Waals surface area contributed by atoms with Crippen molar-refractivity contribution < 1.29 is 9.59 Å². The quantitative estimate of drug-likeness (QED) is 0.475. The molecule has 0 fully saturated rings. The van der Waals surface area contributed by atoms with Gasteiger partial charge in [0.25, 0.3) is 5.91 Å². The van der Waals surface area contributed by atoms with Crippen LogP contribution < -0.4 is 10.2 Å². The molecule has 0 unspecified atom stereocenters. The molecule has 2 N–H and O–H groups in total. The minimum absolute atomic E-state index is 0.128. The van der Waals surface area contributed by atoms with Crippen LogP contribution in [0.2, 0.25) is 0 Å². The number of rotatable bonds is 6. The lowest BCUT2D eigenvalue weighted by Crippen LogP contribution is -2.36. The number of aromatic nitrogens is 2. The number of carbonyl (C=O) groups is 2. The molecule has 7 heteroatoms. The Morgan fingerprint density at radius 1 is 1.23 bits per heavy atom. The van der Waals surface area contributed by atoms with Crippen LogP contribution in [-0.4, -0.2) is 28.3 Å². The van der Waals surface area contributed by atoms with Crippen molar-refractivity contribution in [3.05, 3.63) is 52.0 Å². The predicted molar refractivity (Wildman–Crippen MR) is 123 cm³/mol. The van der Waals surface area contributed by atoms with Gasteiger partial charge in [-0.1, -0.05) is 31.9 Å². The van der Waals surface area contributed by atoms with E-state index in [0.29, 0.717) is 18.1 Å². The van der Waals surface area contributed by atoms with Crippen LogP contribution in [0.3, 0.4) is 0 Å². The Morgan fingerprint density at radius 2 is 2.00 bits per heavy atom. The standard InChI is InChI=1S/C23H25BrN4O2/c1-4-5-8-11-28-19-13-18-17(12-15(19)23(2,3)21(28)30)25-22(26-18)27-20(29)14-9-6-7-10-16(14)24/h6-7,9-10,12-13H,4-5,8,11H2,1-3H3,(H2,25,26,27,29). The highest BCUT2D eigenvalue weighted by molar-refractivity contribution is 9.10. The second-order valence-electron chi connectivity index (χ2n) is 8.19. The number of unbranched alkanes of at least 4 members (excludes halogenated alkanes) is 2. The molecule has 2 amide bonds. The molecule has 0 radical (unpaired) electrons. The highest BCUT2D eigenvalue weighted by atomic mass is 79.9. The third-order valence-electron chi connectivity index (χ3n) is 5.68. The molecular weight excluding hydrogens is 444 g/mol. The molecule has 0 aliphatic carbocycles. The van der Waals surface area contributed by atoms with Crippen molar-refractivity contribution in [2.24, 2.45) is 0 Å². The Labute approximate surface area is 184 Å². The fourth-order valence-corrected chi connectivity index (χ4v) is 4.42. The smallest absolute Gasteiger partial charge is 0.259 e. The molecule has 0 saturated heterocycles. The Kier molecular flexibility index (Phi) is 5.40. The average Bonchev–Trinajstić information content (AvgIpc) is 3.18. The summed E-state index contributed by atoms with van der Waals surface area (Å²) in [5.41, 5.74) is 3.38. The lowest BCUT2D eigenvalue weighted by Gasteiger charge is -2.20. The fourth-order valence-electron chi connectivity index (χ4n) is 3.95. The monoisotopic (exact) mass is 468 g/mol. The molecule has 3 aromatic rings. The minimum atomic E-state index is -0.584. The number of H-pyrrole nitrogens is 1. The number of aromatic amines is 1. The summed E-state index contributed by atoms with van der Waals surface area (Å²) in [7, 11) is 0. The zero-order valence-corrected chi connectivity index (χ0v) is 19.0. The van der Waals surface area contributed by atoms with E-state index >= 15 is 0 Å². The third-order valence-corrected chi connectivity index (χ3v) is 6.37. The summed E-state index contributed by atoms with van der Waals surface area (Å²) < 4.78 is 0.723. The number of hydrogen-bond acceptors (Lipinski definition) is 3. The fraction of sp³-hybridized carbons (Fsp3) is 0.348. The van der Waals surface area contributed by atoms with Crippen LogP contribution in [-0.2, 0) is 10.2 Å². The third kappa shape index (κ3) is 3.51. The Hall–Kier alpha value is -2.67. The van der Waals surface area contributed by atoms with Crippen LogP contribution in [0.15, 0.2) is 40.9 Å². The molecule has 1 aliphatic rings.